The van der Waals surface area contributed by atoms with Gasteiger partial charge in [-0.25, -0.2) is 0 Å². The van der Waals surface area contributed by atoms with Gasteiger partial charge in [-0.3, -0.25) is 4.79 Å². The van der Waals surface area contributed by atoms with Crippen LogP contribution < -0.4 is 5.32 Å². The Labute approximate surface area is 101 Å². The summed E-state index contributed by atoms with van der Waals surface area (Å²) in [5.41, 5.74) is 0. The number of nitrogens with one attached hydrogen (secondary N) is 1. The molecule has 3 heteroatoms. The van der Waals surface area contributed by atoms with E-state index >= 15 is 0 Å². The molecule has 0 bridgehead atoms. The standard InChI is InChI=1S/C13H28N2O/c1-4-11-15(3)12-9-7-5-6-8-10-13(16)14-2/h4-12H2,1-3H3,(H,14,16). The minimum Gasteiger partial charge on any atom is -0.359 e. The maximum Gasteiger partial charge on any atom is 0.219 e. The van der Waals surface area contributed by atoms with E-state index < -0.39 is 0 Å². The summed E-state index contributed by atoms with van der Waals surface area (Å²) in [5.74, 6) is 0.169. The monoisotopic (exact) mass is 228 g/mol. The summed E-state index contributed by atoms with van der Waals surface area (Å²) in [7, 11) is 3.89. The van der Waals surface area contributed by atoms with E-state index in [-0.39, 0.29) is 5.91 Å². The lowest BCUT2D eigenvalue weighted by molar-refractivity contribution is -0.120. The van der Waals surface area contributed by atoms with Crippen molar-refractivity contribution in [3.05, 3.63) is 0 Å². The van der Waals surface area contributed by atoms with Crippen molar-refractivity contribution in [3.63, 3.8) is 0 Å². The second-order valence-electron chi connectivity index (χ2n) is 4.49. The summed E-state index contributed by atoms with van der Waals surface area (Å²) < 4.78 is 0. The molecular formula is C13H28N2O. The zero-order valence-electron chi connectivity index (χ0n) is 11.2. The number of rotatable bonds is 10. The molecule has 0 aromatic carbocycles. The number of hydrogen-bond acceptors (Lipinski definition) is 2. The minimum absolute atomic E-state index is 0.169. The number of nitrogens with zero attached hydrogens (tertiary/aromatic N) is 1. The van der Waals surface area contributed by atoms with Crippen molar-refractivity contribution >= 4 is 5.91 Å². The highest BCUT2D eigenvalue weighted by atomic mass is 16.1. The highest BCUT2D eigenvalue weighted by Crippen LogP contribution is 2.05. The molecule has 0 saturated carbocycles. The summed E-state index contributed by atoms with van der Waals surface area (Å²) in [6, 6.07) is 0. The molecule has 0 aliphatic rings. The second kappa shape index (κ2) is 10.9. The van der Waals surface area contributed by atoms with Crippen LogP contribution in [0.15, 0.2) is 0 Å². The minimum atomic E-state index is 0.169. The van der Waals surface area contributed by atoms with Crippen molar-refractivity contribution in [1.82, 2.24) is 10.2 Å². The van der Waals surface area contributed by atoms with Crippen LogP contribution in [-0.2, 0) is 4.79 Å². The molecule has 0 radical (unpaired) electrons. The maximum atomic E-state index is 10.9. The first-order valence-corrected chi connectivity index (χ1v) is 6.59. The molecule has 0 unspecified atom stereocenters. The van der Waals surface area contributed by atoms with Gasteiger partial charge in [0.25, 0.3) is 0 Å². The van der Waals surface area contributed by atoms with Crippen LogP contribution in [0.5, 0.6) is 0 Å². The third-order valence-electron chi connectivity index (χ3n) is 2.83. The molecule has 1 N–H and O–H groups in total. The maximum absolute atomic E-state index is 10.9. The second-order valence-corrected chi connectivity index (χ2v) is 4.49. The predicted molar refractivity (Wildman–Crippen MR) is 69.6 cm³/mol. The molecule has 0 spiro atoms. The van der Waals surface area contributed by atoms with Gasteiger partial charge in [-0.15, -0.1) is 0 Å². The molecule has 0 rings (SSSR count). The van der Waals surface area contributed by atoms with E-state index in [4.69, 9.17) is 0 Å². The fraction of sp³-hybridized carbons (Fsp3) is 0.923. The number of carbonyl (C=O) groups excluding carboxylic acids is 1. The topological polar surface area (TPSA) is 32.3 Å². The SMILES string of the molecule is CCCN(C)CCCCCCCC(=O)NC. The Morgan fingerprint density at radius 3 is 2.31 bits per heavy atom. The van der Waals surface area contributed by atoms with Crippen LogP contribution in [-0.4, -0.2) is 38.0 Å². The Kier molecular flexibility index (Phi) is 10.5. The zero-order chi connectivity index (χ0) is 12.2. The lowest BCUT2D eigenvalue weighted by Gasteiger charge is -2.14. The zero-order valence-corrected chi connectivity index (χ0v) is 11.2. The van der Waals surface area contributed by atoms with E-state index in [1.165, 1.54) is 45.2 Å². The smallest absolute Gasteiger partial charge is 0.219 e. The third kappa shape index (κ3) is 9.97. The van der Waals surface area contributed by atoms with Crippen LogP contribution in [0, 0.1) is 0 Å². The number of hydrogen-bond donors (Lipinski definition) is 1. The summed E-state index contributed by atoms with van der Waals surface area (Å²) in [5, 5.41) is 2.65. The Bertz CT molecular complexity index is 171. The lowest BCUT2D eigenvalue weighted by atomic mass is 10.1. The van der Waals surface area contributed by atoms with Gasteiger partial charge in [0, 0.05) is 13.5 Å². The van der Waals surface area contributed by atoms with Gasteiger partial charge >= 0.3 is 0 Å². The summed E-state index contributed by atoms with van der Waals surface area (Å²) >= 11 is 0. The molecular weight excluding hydrogens is 200 g/mol. The van der Waals surface area contributed by atoms with Gasteiger partial charge in [0.05, 0.1) is 0 Å². The summed E-state index contributed by atoms with van der Waals surface area (Å²) in [4.78, 5) is 13.3. The predicted octanol–water partition coefficient (Wildman–Crippen LogP) is 2.41. The molecule has 0 atom stereocenters. The van der Waals surface area contributed by atoms with Crippen LogP contribution in [0.25, 0.3) is 0 Å². The number of unbranched alkanes of at least 4 members (excludes halogenated alkanes) is 4. The van der Waals surface area contributed by atoms with Gasteiger partial charge in [0.15, 0.2) is 0 Å². The van der Waals surface area contributed by atoms with Gasteiger partial charge in [-0.1, -0.05) is 26.2 Å². The van der Waals surface area contributed by atoms with Crippen LogP contribution in [0.2, 0.25) is 0 Å². The molecule has 16 heavy (non-hydrogen) atoms. The van der Waals surface area contributed by atoms with Crippen molar-refractivity contribution in [3.8, 4) is 0 Å². The number of carbonyl (C=O) groups is 1. The van der Waals surface area contributed by atoms with Crippen molar-refractivity contribution in [2.75, 3.05) is 27.2 Å². The average molecular weight is 228 g/mol. The molecule has 0 aromatic heterocycles. The van der Waals surface area contributed by atoms with E-state index in [2.05, 4.69) is 24.2 Å². The van der Waals surface area contributed by atoms with E-state index in [1.807, 2.05) is 0 Å². The highest BCUT2D eigenvalue weighted by molar-refractivity contribution is 5.75. The van der Waals surface area contributed by atoms with Gasteiger partial charge in [0.2, 0.25) is 5.91 Å². The Morgan fingerprint density at radius 2 is 1.69 bits per heavy atom. The largest absolute Gasteiger partial charge is 0.359 e. The molecule has 96 valence electrons. The molecule has 0 fully saturated rings. The Morgan fingerprint density at radius 1 is 1.06 bits per heavy atom. The third-order valence-corrected chi connectivity index (χ3v) is 2.83. The van der Waals surface area contributed by atoms with Gasteiger partial charge in [-0.2, -0.15) is 0 Å². The lowest BCUT2D eigenvalue weighted by Crippen LogP contribution is -2.20. The Balaban J connectivity index is 3.12. The summed E-state index contributed by atoms with van der Waals surface area (Å²) in [6.45, 7) is 4.63. The van der Waals surface area contributed by atoms with E-state index in [0.717, 1.165) is 6.42 Å². The highest BCUT2D eigenvalue weighted by Gasteiger charge is 1.98. The fourth-order valence-electron chi connectivity index (χ4n) is 1.82. The van der Waals surface area contributed by atoms with Crippen molar-refractivity contribution < 1.29 is 4.79 Å². The van der Waals surface area contributed by atoms with Gasteiger partial charge < -0.3 is 10.2 Å². The van der Waals surface area contributed by atoms with Crippen molar-refractivity contribution in [2.45, 2.75) is 51.9 Å². The molecule has 1 amide bonds. The van der Waals surface area contributed by atoms with Gasteiger partial charge in [0.1, 0.15) is 0 Å². The van der Waals surface area contributed by atoms with E-state index in [0.29, 0.717) is 6.42 Å². The molecule has 0 heterocycles. The first kappa shape index (κ1) is 15.4. The number of amides is 1. The van der Waals surface area contributed by atoms with Gasteiger partial charge in [-0.05, 0) is 39.4 Å². The van der Waals surface area contributed by atoms with E-state index in [9.17, 15) is 4.79 Å². The fourth-order valence-corrected chi connectivity index (χ4v) is 1.82. The van der Waals surface area contributed by atoms with E-state index in [1.54, 1.807) is 7.05 Å². The molecule has 0 saturated heterocycles. The first-order chi connectivity index (χ1) is 7.70. The molecule has 0 aliphatic heterocycles. The van der Waals surface area contributed by atoms with Crippen molar-refractivity contribution in [2.24, 2.45) is 0 Å². The quantitative estimate of drug-likeness (QED) is 0.582. The van der Waals surface area contributed by atoms with Crippen LogP contribution in [0.3, 0.4) is 0 Å². The normalized spacial score (nSPS) is 10.8. The average Bonchev–Trinajstić information content (AvgIpc) is 2.27. The molecule has 3 nitrogen and oxygen atoms in total. The summed E-state index contributed by atoms with van der Waals surface area (Å²) in [6.07, 6.45) is 7.99. The molecule has 0 aromatic rings. The molecule has 0 aliphatic carbocycles. The Hall–Kier alpha value is -0.570. The van der Waals surface area contributed by atoms with Crippen molar-refractivity contribution in [1.29, 1.82) is 0 Å². The first-order valence-electron chi connectivity index (χ1n) is 6.59. The van der Waals surface area contributed by atoms with Crippen LogP contribution in [0.1, 0.15) is 51.9 Å². The van der Waals surface area contributed by atoms with Crippen LogP contribution in [0.4, 0.5) is 0 Å². The van der Waals surface area contributed by atoms with Crippen LogP contribution >= 0.6 is 0 Å².